The van der Waals surface area contributed by atoms with E-state index in [1.807, 2.05) is 31.0 Å². The monoisotopic (exact) mass is 326 g/mol. The summed E-state index contributed by atoms with van der Waals surface area (Å²) in [6, 6.07) is 12.3. The number of nitrogens with one attached hydrogen (secondary N) is 1. The van der Waals surface area contributed by atoms with Gasteiger partial charge in [0.15, 0.2) is 5.82 Å². The molecular weight excluding hydrogens is 300 g/mol. The average molecular weight is 326 g/mol. The smallest absolute Gasteiger partial charge is 0.323 e. The highest BCUT2D eigenvalue weighted by atomic mass is 16.2. The minimum atomic E-state index is -0.0652. The molecule has 1 saturated heterocycles. The van der Waals surface area contributed by atoms with Crippen molar-refractivity contribution >= 4 is 11.8 Å². The molecule has 2 heterocycles. The minimum absolute atomic E-state index is 0.0652. The number of hydrogen-bond donors (Lipinski definition) is 1. The lowest BCUT2D eigenvalue weighted by atomic mass is 9.70. The number of carbonyl (C=O) groups is 1. The zero-order valence-electron chi connectivity index (χ0n) is 14.9. The Morgan fingerprint density at radius 3 is 2.62 bits per heavy atom. The molecule has 1 N–H and O–H groups in total. The van der Waals surface area contributed by atoms with Gasteiger partial charge in [-0.3, -0.25) is 10.00 Å². The number of piperidine rings is 1. The van der Waals surface area contributed by atoms with E-state index in [-0.39, 0.29) is 11.4 Å². The van der Waals surface area contributed by atoms with Crippen molar-refractivity contribution in [3.8, 4) is 0 Å². The first-order chi connectivity index (χ1) is 11.4. The summed E-state index contributed by atoms with van der Waals surface area (Å²) in [5.74, 6) is 0.949. The summed E-state index contributed by atoms with van der Waals surface area (Å²) in [6.07, 6.45) is 0.987. The van der Waals surface area contributed by atoms with Crippen molar-refractivity contribution in [1.82, 2.24) is 14.7 Å². The molecule has 1 atom stereocenters. The van der Waals surface area contributed by atoms with Crippen LogP contribution in [0, 0.1) is 12.3 Å². The summed E-state index contributed by atoms with van der Waals surface area (Å²) in [5.41, 5.74) is 2.50. The van der Waals surface area contributed by atoms with E-state index >= 15 is 0 Å². The molecule has 5 nitrogen and oxygen atoms in total. The number of hydrogen-bond acceptors (Lipinski definition) is 2. The SMILES string of the molecule is Cc1cc(NC(=O)N2CCC(C)(C)C(c3ccccc3)C2)nn1C. The van der Waals surface area contributed by atoms with Crippen LogP contribution in [0.3, 0.4) is 0 Å². The van der Waals surface area contributed by atoms with Gasteiger partial charge in [-0.15, -0.1) is 0 Å². The first-order valence-corrected chi connectivity index (χ1v) is 8.48. The molecular formula is C19H26N4O. The molecule has 1 fully saturated rings. The summed E-state index contributed by atoms with van der Waals surface area (Å²) in [5, 5.41) is 7.24. The second-order valence-electron chi connectivity index (χ2n) is 7.37. The molecule has 2 amide bonds. The highest BCUT2D eigenvalue weighted by Gasteiger charge is 2.38. The van der Waals surface area contributed by atoms with E-state index in [0.717, 1.165) is 25.2 Å². The van der Waals surface area contributed by atoms with Gasteiger partial charge >= 0.3 is 6.03 Å². The summed E-state index contributed by atoms with van der Waals surface area (Å²) in [6.45, 7) is 8.06. The average Bonchev–Trinajstić information content (AvgIpc) is 2.85. The topological polar surface area (TPSA) is 50.2 Å². The maximum atomic E-state index is 12.6. The van der Waals surface area contributed by atoms with E-state index in [1.165, 1.54) is 5.56 Å². The van der Waals surface area contributed by atoms with Crippen LogP contribution in [0.15, 0.2) is 36.4 Å². The second kappa shape index (κ2) is 6.30. The van der Waals surface area contributed by atoms with Crippen molar-refractivity contribution < 1.29 is 4.79 Å². The summed E-state index contributed by atoms with van der Waals surface area (Å²) in [4.78, 5) is 14.6. The Balaban J connectivity index is 1.74. The van der Waals surface area contributed by atoms with E-state index in [1.54, 1.807) is 4.68 Å². The van der Waals surface area contributed by atoms with Crippen LogP contribution in [0.25, 0.3) is 0 Å². The van der Waals surface area contributed by atoms with Gasteiger partial charge in [-0.1, -0.05) is 44.2 Å². The van der Waals surface area contributed by atoms with Gasteiger partial charge in [0.1, 0.15) is 0 Å². The Kier molecular flexibility index (Phi) is 4.35. The third kappa shape index (κ3) is 3.30. The first kappa shape index (κ1) is 16.6. The van der Waals surface area contributed by atoms with Gasteiger partial charge < -0.3 is 4.90 Å². The van der Waals surface area contributed by atoms with E-state index in [0.29, 0.717) is 11.7 Å². The summed E-state index contributed by atoms with van der Waals surface area (Å²) >= 11 is 0. The molecule has 1 aromatic heterocycles. The molecule has 0 bridgehead atoms. The Bertz CT molecular complexity index is 701. The van der Waals surface area contributed by atoms with Crippen LogP contribution in [-0.2, 0) is 7.05 Å². The van der Waals surface area contributed by atoms with Gasteiger partial charge in [-0.25, -0.2) is 4.79 Å². The first-order valence-electron chi connectivity index (χ1n) is 8.48. The summed E-state index contributed by atoms with van der Waals surface area (Å²) in [7, 11) is 1.87. The zero-order valence-corrected chi connectivity index (χ0v) is 14.9. The molecule has 128 valence electrons. The van der Waals surface area contributed by atoms with Crippen molar-refractivity contribution in [1.29, 1.82) is 0 Å². The Morgan fingerprint density at radius 2 is 2.00 bits per heavy atom. The van der Waals surface area contributed by atoms with Crippen molar-refractivity contribution in [2.24, 2.45) is 12.5 Å². The lowest BCUT2D eigenvalue weighted by Gasteiger charge is -2.44. The molecule has 0 spiro atoms. The molecule has 1 aliphatic rings. The largest absolute Gasteiger partial charge is 0.324 e. The number of urea groups is 1. The Morgan fingerprint density at radius 1 is 1.29 bits per heavy atom. The van der Waals surface area contributed by atoms with Crippen LogP contribution in [0.1, 0.15) is 37.4 Å². The van der Waals surface area contributed by atoms with Crippen LogP contribution in [0.4, 0.5) is 10.6 Å². The molecule has 1 unspecified atom stereocenters. The highest BCUT2D eigenvalue weighted by Crippen LogP contribution is 2.42. The van der Waals surface area contributed by atoms with Crippen molar-refractivity contribution in [3.05, 3.63) is 47.7 Å². The molecule has 1 aromatic carbocycles. The van der Waals surface area contributed by atoms with Crippen LogP contribution >= 0.6 is 0 Å². The number of aromatic nitrogens is 2. The number of rotatable bonds is 2. The molecule has 0 aliphatic carbocycles. The maximum Gasteiger partial charge on any atom is 0.323 e. The van der Waals surface area contributed by atoms with Crippen LogP contribution in [0.2, 0.25) is 0 Å². The quantitative estimate of drug-likeness (QED) is 0.913. The van der Waals surface area contributed by atoms with E-state index in [4.69, 9.17) is 0 Å². The van der Waals surface area contributed by atoms with Crippen LogP contribution < -0.4 is 5.32 Å². The van der Waals surface area contributed by atoms with Crippen molar-refractivity contribution in [3.63, 3.8) is 0 Å². The number of nitrogens with zero attached hydrogens (tertiary/aromatic N) is 3. The molecule has 0 radical (unpaired) electrons. The van der Waals surface area contributed by atoms with Crippen LogP contribution in [-0.4, -0.2) is 33.8 Å². The van der Waals surface area contributed by atoms with Crippen molar-refractivity contribution in [2.45, 2.75) is 33.1 Å². The molecule has 5 heteroatoms. The van der Waals surface area contributed by atoms with E-state index in [2.05, 4.69) is 48.5 Å². The predicted molar refractivity (Wildman–Crippen MR) is 96.1 cm³/mol. The second-order valence-corrected chi connectivity index (χ2v) is 7.37. The third-order valence-electron chi connectivity index (χ3n) is 5.21. The van der Waals surface area contributed by atoms with E-state index < -0.39 is 0 Å². The molecule has 3 rings (SSSR count). The minimum Gasteiger partial charge on any atom is -0.324 e. The number of aryl methyl sites for hydroxylation is 2. The number of likely N-dealkylation sites (tertiary alicyclic amines) is 1. The fourth-order valence-corrected chi connectivity index (χ4v) is 3.39. The number of carbonyl (C=O) groups excluding carboxylic acids is 1. The van der Waals surface area contributed by atoms with Gasteiger partial charge in [0.2, 0.25) is 0 Å². The molecule has 24 heavy (non-hydrogen) atoms. The van der Waals surface area contributed by atoms with Crippen molar-refractivity contribution in [2.75, 3.05) is 18.4 Å². The van der Waals surface area contributed by atoms with Gasteiger partial charge in [-0.2, -0.15) is 5.10 Å². The number of amides is 2. The fraction of sp³-hybridized carbons (Fsp3) is 0.474. The lowest BCUT2D eigenvalue weighted by molar-refractivity contribution is 0.123. The third-order valence-corrected chi connectivity index (χ3v) is 5.21. The normalized spacial score (nSPS) is 20.0. The zero-order chi connectivity index (χ0) is 17.3. The van der Waals surface area contributed by atoms with Crippen LogP contribution in [0.5, 0.6) is 0 Å². The van der Waals surface area contributed by atoms with Gasteiger partial charge in [0.25, 0.3) is 0 Å². The number of anilines is 1. The molecule has 1 aliphatic heterocycles. The molecule has 2 aromatic rings. The van der Waals surface area contributed by atoms with Gasteiger partial charge in [0.05, 0.1) is 0 Å². The lowest BCUT2D eigenvalue weighted by Crippen LogP contribution is -2.47. The maximum absolute atomic E-state index is 12.6. The summed E-state index contributed by atoms with van der Waals surface area (Å²) < 4.78 is 1.77. The molecule has 0 saturated carbocycles. The predicted octanol–water partition coefficient (Wildman–Crippen LogP) is 3.78. The highest BCUT2D eigenvalue weighted by molar-refractivity contribution is 5.88. The Labute approximate surface area is 143 Å². The van der Waals surface area contributed by atoms with Gasteiger partial charge in [0, 0.05) is 37.8 Å². The van der Waals surface area contributed by atoms with E-state index in [9.17, 15) is 4.79 Å². The number of benzene rings is 1. The fourth-order valence-electron chi connectivity index (χ4n) is 3.39. The van der Waals surface area contributed by atoms with Gasteiger partial charge in [-0.05, 0) is 24.3 Å². The standard InChI is InChI=1S/C19H26N4O/c1-14-12-17(21-22(14)4)20-18(24)23-11-10-19(2,3)16(13-23)15-8-6-5-7-9-15/h5-9,12,16H,10-11,13H2,1-4H3,(H,20,21,24). The Hall–Kier alpha value is -2.30.